The quantitative estimate of drug-likeness (QED) is 0.840. The minimum absolute atomic E-state index is 0.266. The van der Waals surface area contributed by atoms with Crippen molar-refractivity contribution in [2.75, 3.05) is 18.5 Å². The summed E-state index contributed by atoms with van der Waals surface area (Å²) in [5.74, 6) is 0.548. The zero-order valence-electron chi connectivity index (χ0n) is 9.70. The molecule has 0 aliphatic carbocycles. The van der Waals surface area contributed by atoms with Crippen molar-refractivity contribution in [2.45, 2.75) is 0 Å². The van der Waals surface area contributed by atoms with Gasteiger partial charge in [0.1, 0.15) is 18.2 Å². The van der Waals surface area contributed by atoms with Gasteiger partial charge in [0, 0.05) is 11.0 Å². The molecule has 1 N–H and O–H groups in total. The molecule has 0 spiro atoms. The second-order valence-corrected chi connectivity index (χ2v) is 4.63. The number of para-hydroxylation sites is 1. The molecule has 94 valence electrons. The van der Waals surface area contributed by atoms with Gasteiger partial charge in [0.25, 0.3) is 0 Å². The summed E-state index contributed by atoms with van der Waals surface area (Å²) in [5.41, 5.74) is 0.473. The van der Waals surface area contributed by atoms with Gasteiger partial charge in [0.2, 0.25) is 0 Å². The molecule has 0 heterocycles. The Morgan fingerprint density at radius 2 is 1.89 bits per heavy atom. The van der Waals surface area contributed by atoms with Crippen LogP contribution in [0.5, 0.6) is 5.75 Å². The van der Waals surface area contributed by atoms with Gasteiger partial charge < -0.3 is 10.1 Å². The van der Waals surface area contributed by atoms with Crippen molar-refractivity contribution in [3.05, 3.63) is 58.8 Å². The van der Waals surface area contributed by atoms with E-state index in [0.29, 0.717) is 18.8 Å². The lowest BCUT2D eigenvalue weighted by Gasteiger charge is -2.09. The molecular weight excluding hydrogens is 297 g/mol. The maximum atomic E-state index is 13.4. The molecule has 18 heavy (non-hydrogen) atoms. The Kier molecular flexibility index (Phi) is 4.59. The molecule has 0 unspecified atom stereocenters. The molecule has 0 amide bonds. The lowest BCUT2D eigenvalue weighted by atomic mass is 10.3. The number of hydrogen-bond donors (Lipinski definition) is 1. The molecule has 0 bridgehead atoms. The van der Waals surface area contributed by atoms with Crippen LogP contribution in [0.25, 0.3) is 0 Å². The van der Waals surface area contributed by atoms with Crippen molar-refractivity contribution in [2.24, 2.45) is 0 Å². The minimum atomic E-state index is -0.266. The Balaban J connectivity index is 1.80. The highest BCUT2D eigenvalue weighted by molar-refractivity contribution is 9.10. The van der Waals surface area contributed by atoms with Crippen LogP contribution in [0.1, 0.15) is 0 Å². The van der Waals surface area contributed by atoms with E-state index in [4.69, 9.17) is 4.74 Å². The summed E-state index contributed by atoms with van der Waals surface area (Å²) in [6.07, 6.45) is 0. The van der Waals surface area contributed by atoms with Crippen LogP contribution in [0.15, 0.2) is 53.0 Å². The van der Waals surface area contributed by atoms with Crippen LogP contribution < -0.4 is 10.1 Å². The molecular formula is C14H13BrFNO. The first-order valence-corrected chi connectivity index (χ1v) is 6.42. The van der Waals surface area contributed by atoms with E-state index < -0.39 is 0 Å². The molecule has 0 aliphatic rings. The number of ether oxygens (including phenoxy) is 1. The predicted molar refractivity (Wildman–Crippen MR) is 74.5 cm³/mol. The van der Waals surface area contributed by atoms with Gasteiger partial charge in [0.05, 0.1) is 5.69 Å². The summed E-state index contributed by atoms with van der Waals surface area (Å²) in [6, 6.07) is 14.3. The van der Waals surface area contributed by atoms with Crippen molar-refractivity contribution in [1.82, 2.24) is 0 Å². The number of anilines is 1. The molecule has 2 aromatic carbocycles. The molecule has 2 aromatic rings. The number of hydrogen-bond acceptors (Lipinski definition) is 2. The van der Waals surface area contributed by atoms with E-state index in [1.54, 1.807) is 12.1 Å². The fourth-order valence-corrected chi connectivity index (χ4v) is 1.87. The van der Waals surface area contributed by atoms with E-state index in [1.165, 1.54) is 6.07 Å². The van der Waals surface area contributed by atoms with Crippen molar-refractivity contribution in [3.8, 4) is 5.75 Å². The Bertz CT molecular complexity index is 504. The normalized spacial score (nSPS) is 10.1. The Morgan fingerprint density at radius 3 is 2.67 bits per heavy atom. The largest absolute Gasteiger partial charge is 0.492 e. The Hall–Kier alpha value is -1.55. The average molecular weight is 310 g/mol. The molecule has 4 heteroatoms. The highest BCUT2D eigenvalue weighted by Gasteiger charge is 2.01. The first-order valence-electron chi connectivity index (χ1n) is 5.62. The van der Waals surface area contributed by atoms with Crippen LogP contribution in [0.3, 0.4) is 0 Å². The van der Waals surface area contributed by atoms with Gasteiger partial charge in [-0.25, -0.2) is 4.39 Å². The smallest absolute Gasteiger partial charge is 0.146 e. The van der Waals surface area contributed by atoms with E-state index in [2.05, 4.69) is 21.2 Å². The summed E-state index contributed by atoms with van der Waals surface area (Å²) < 4.78 is 19.7. The van der Waals surface area contributed by atoms with Crippen LogP contribution in [0.2, 0.25) is 0 Å². The van der Waals surface area contributed by atoms with Crippen molar-refractivity contribution < 1.29 is 9.13 Å². The van der Waals surface area contributed by atoms with Crippen molar-refractivity contribution >= 4 is 21.6 Å². The summed E-state index contributed by atoms with van der Waals surface area (Å²) >= 11 is 3.30. The maximum Gasteiger partial charge on any atom is 0.146 e. The van der Waals surface area contributed by atoms with Crippen LogP contribution in [0, 0.1) is 5.82 Å². The highest BCUT2D eigenvalue weighted by atomic mass is 79.9. The third-order valence-electron chi connectivity index (χ3n) is 2.36. The lowest BCUT2D eigenvalue weighted by molar-refractivity contribution is 0.332. The van der Waals surface area contributed by atoms with Gasteiger partial charge in [-0.05, 0) is 30.3 Å². The molecule has 0 aromatic heterocycles. The summed E-state index contributed by atoms with van der Waals surface area (Å²) in [7, 11) is 0. The van der Waals surface area contributed by atoms with E-state index in [-0.39, 0.29) is 5.82 Å². The fourth-order valence-electron chi connectivity index (χ4n) is 1.50. The number of halogens is 2. The van der Waals surface area contributed by atoms with Crippen molar-refractivity contribution in [3.63, 3.8) is 0 Å². The van der Waals surface area contributed by atoms with Gasteiger partial charge in [-0.15, -0.1) is 0 Å². The van der Waals surface area contributed by atoms with Crippen LogP contribution >= 0.6 is 15.9 Å². The summed E-state index contributed by atoms with van der Waals surface area (Å²) in [5, 5.41) is 2.99. The van der Waals surface area contributed by atoms with E-state index in [1.807, 2.05) is 30.3 Å². The van der Waals surface area contributed by atoms with E-state index in [0.717, 1.165) is 10.2 Å². The predicted octanol–water partition coefficient (Wildman–Crippen LogP) is 4.08. The standard InChI is InChI=1S/C14H13BrFNO/c15-11-6-7-13(16)14(10-11)17-8-9-18-12-4-2-1-3-5-12/h1-7,10,17H,8-9H2. The van der Waals surface area contributed by atoms with Crippen LogP contribution in [-0.2, 0) is 0 Å². The maximum absolute atomic E-state index is 13.4. The number of rotatable bonds is 5. The second-order valence-electron chi connectivity index (χ2n) is 3.71. The first-order chi connectivity index (χ1) is 8.75. The van der Waals surface area contributed by atoms with E-state index in [9.17, 15) is 4.39 Å². The second kappa shape index (κ2) is 6.40. The monoisotopic (exact) mass is 309 g/mol. The van der Waals surface area contributed by atoms with Crippen LogP contribution in [0.4, 0.5) is 10.1 Å². The van der Waals surface area contributed by atoms with Gasteiger partial charge >= 0.3 is 0 Å². The molecule has 0 saturated carbocycles. The highest BCUT2D eigenvalue weighted by Crippen LogP contribution is 2.19. The topological polar surface area (TPSA) is 21.3 Å². The Labute approximate surface area is 114 Å². The van der Waals surface area contributed by atoms with E-state index >= 15 is 0 Å². The van der Waals surface area contributed by atoms with Gasteiger partial charge in [-0.3, -0.25) is 0 Å². The molecule has 0 radical (unpaired) electrons. The average Bonchev–Trinajstić information content (AvgIpc) is 2.40. The number of benzene rings is 2. The van der Waals surface area contributed by atoms with Gasteiger partial charge in [-0.2, -0.15) is 0 Å². The van der Waals surface area contributed by atoms with Gasteiger partial charge in [-0.1, -0.05) is 34.1 Å². The van der Waals surface area contributed by atoms with Crippen molar-refractivity contribution in [1.29, 1.82) is 0 Å². The summed E-state index contributed by atoms with van der Waals surface area (Å²) in [6.45, 7) is 1.03. The minimum Gasteiger partial charge on any atom is -0.492 e. The van der Waals surface area contributed by atoms with Crippen LogP contribution in [-0.4, -0.2) is 13.2 Å². The third-order valence-corrected chi connectivity index (χ3v) is 2.85. The first kappa shape index (κ1) is 12.9. The number of nitrogens with one attached hydrogen (secondary N) is 1. The molecule has 0 fully saturated rings. The molecule has 2 rings (SSSR count). The third kappa shape index (κ3) is 3.74. The van der Waals surface area contributed by atoms with Gasteiger partial charge in [0.15, 0.2) is 0 Å². The fraction of sp³-hybridized carbons (Fsp3) is 0.143. The Morgan fingerprint density at radius 1 is 1.11 bits per heavy atom. The molecule has 0 atom stereocenters. The summed E-state index contributed by atoms with van der Waals surface area (Å²) in [4.78, 5) is 0. The molecule has 0 saturated heterocycles. The zero-order valence-corrected chi connectivity index (χ0v) is 11.3. The SMILES string of the molecule is Fc1ccc(Br)cc1NCCOc1ccccc1. The molecule has 2 nitrogen and oxygen atoms in total. The lowest BCUT2D eigenvalue weighted by Crippen LogP contribution is -2.12. The zero-order chi connectivity index (χ0) is 12.8. The molecule has 0 aliphatic heterocycles.